The average Bonchev–Trinajstić information content (AvgIpc) is 2.82. The first kappa shape index (κ1) is 11.6. The van der Waals surface area contributed by atoms with Crippen molar-refractivity contribution in [3.8, 4) is 0 Å². The molecule has 0 heterocycles. The number of benzene rings is 1. The van der Waals surface area contributed by atoms with Crippen molar-refractivity contribution in [1.82, 2.24) is 5.32 Å². The molecule has 1 aliphatic rings. The lowest BCUT2D eigenvalue weighted by Crippen LogP contribution is -2.26. The van der Waals surface area contributed by atoms with Gasteiger partial charge in [0.15, 0.2) is 0 Å². The van der Waals surface area contributed by atoms with Crippen LogP contribution in [0.2, 0.25) is 0 Å². The first-order valence-electron chi connectivity index (χ1n) is 6.04. The van der Waals surface area contributed by atoms with Gasteiger partial charge in [0.25, 0.3) is 0 Å². The fraction of sp³-hybridized carbons (Fsp3) is 0.571. The fourth-order valence-corrected chi connectivity index (χ4v) is 2.17. The summed E-state index contributed by atoms with van der Waals surface area (Å²) in [6.45, 7) is 6.67. The summed E-state index contributed by atoms with van der Waals surface area (Å²) in [6, 6.07) is 7.78. The third kappa shape index (κ3) is 2.43. The molecular formula is C14H20FN. The molecule has 1 nitrogen and oxygen atoms in total. The van der Waals surface area contributed by atoms with E-state index in [1.807, 2.05) is 6.07 Å². The third-order valence-electron chi connectivity index (χ3n) is 3.58. The normalized spacial score (nSPS) is 24.1. The van der Waals surface area contributed by atoms with Crippen molar-refractivity contribution in [2.75, 3.05) is 0 Å². The third-order valence-corrected chi connectivity index (χ3v) is 3.58. The molecule has 1 aliphatic carbocycles. The van der Waals surface area contributed by atoms with E-state index in [4.69, 9.17) is 0 Å². The molecule has 0 amide bonds. The van der Waals surface area contributed by atoms with E-state index < -0.39 is 0 Å². The van der Waals surface area contributed by atoms with E-state index in [0.717, 1.165) is 12.0 Å². The summed E-state index contributed by atoms with van der Waals surface area (Å²) in [4.78, 5) is 0. The van der Waals surface area contributed by atoms with Crippen molar-refractivity contribution in [2.24, 2.45) is 5.41 Å². The Hall–Kier alpha value is -0.890. The van der Waals surface area contributed by atoms with Gasteiger partial charge in [-0.15, -0.1) is 0 Å². The van der Waals surface area contributed by atoms with Gasteiger partial charge in [0, 0.05) is 12.1 Å². The summed E-state index contributed by atoms with van der Waals surface area (Å²) in [5, 5.41) is 3.61. The van der Waals surface area contributed by atoms with Crippen LogP contribution < -0.4 is 5.32 Å². The van der Waals surface area contributed by atoms with Crippen molar-refractivity contribution in [1.29, 1.82) is 0 Å². The summed E-state index contributed by atoms with van der Waals surface area (Å²) >= 11 is 0. The Morgan fingerprint density at radius 2 is 2.19 bits per heavy atom. The summed E-state index contributed by atoms with van der Waals surface area (Å²) in [5.74, 6) is -0.146. The molecule has 2 heteroatoms. The molecule has 88 valence electrons. The molecule has 0 aromatic heterocycles. The molecule has 1 saturated carbocycles. The van der Waals surface area contributed by atoms with Gasteiger partial charge < -0.3 is 5.32 Å². The van der Waals surface area contributed by atoms with Gasteiger partial charge in [-0.05, 0) is 36.0 Å². The number of hydrogen-bond donors (Lipinski definition) is 1. The summed E-state index contributed by atoms with van der Waals surface area (Å²) in [5.41, 5.74) is 1.48. The standard InChI is InChI=1S/C14H20FN/c1-4-12(16-13-9-14(13,2)3)10-6-5-7-11(15)8-10/h5-8,12-13,16H,4,9H2,1-3H3. The van der Waals surface area contributed by atoms with Gasteiger partial charge in [0.05, 0.1) is 0 Å². The summed E-state index contributed by atoms with van der Waals surface area (Å²) < 4.78 is 13.1. The van der Waals surface area contributed by atoms with Gasteiger partial charge in [-0.25, -0.2) is 4.39 Å². The van der Waals surface area contributed by atoms with Crippen molar-refractivity contribution >= 4 is 0 Å². The van der Waals surface area contributed by atoms with Gasteiger partial charge in [-0.3, -0.25) is 0 Å². The van der Waals surface area contributed by atoms with Crippen LogP contribution in [-0.2, 0) is 0 Å². The van der Waals surface area contributed by atoms with E-state index in [9.17, 15) is 4.39 Å². The van der Waals surface area contributed by atoms with E-state index >= 15 is 0 Å². The van der Waals surface area contributed by atoms with Crippen LogP contribution in [-0.4, -0.2) is 6.04 Å². The van der Waals surface area contributed by atoms with Crippen LogP contribution in [0.1, 0.15) is 45.2 Å². The Morgan fingerprint density at radius 1 is 1.50 bits per heavy atom. The summed E-state index contributed by atoms with van der Waals surface area (Å²) in [6.07, 6.45) is 2.22. The number of hydrogen-bond acceptors (Lipinski definition) is 1. The molecule has 0 radical (unpaired) electrons. The van der Waals surface area contributed by atoms with E-state index in [-0.39, 0.29) is 11.9 Å². The highest BCUT2D eigenvalue weighted by atomic mass is 19.1. The highest BCUT2D eigenvalue weighted by molar-refractivity contribution is 5.21. The number of halogens is 1. The molecule has 16 heavy (non-hydrogen) atoms. The zero-order valence-electron chi connectivity index (χ0n) is 10.3. The van der Waals surface area contributed by atoms with Crippen LogP contribution in [0.4, 0.5) is 4.39 Å². The molecule has 2 unspecified atom stereocenters. The minimum atomic E-state index is -0.146. The zero-order valence-corrected chi connectivity index (χ0v) is 10.3. The predicted octanol–water partition coefficient (Wildman–Crippen LogP) is 3.66. The lowest BCUT2D eigenvalue weighted by atomic mass is 10.0. The highest BCUT2D eigenvalue weighted by Gasteiger charge is 2.46. The smallest absolute Gasteiger partial charge is 0.123 e. The zero-order chi connectivity index (χ0) is 11.8. The van der Waals surface area contributed by atoms with Crippen LogP contribution in [0.15, 0.2) is 24.3 Å². The van der Waals surface area contributed by atoms with E-state index in [0.29, 0.717) is 11.5 Å². The van der Waals surface area contributed by atoms with Crippen molar-refractivity contribution in [2.45, 2.75) is 45.7 Å². The first-order chi connectivity index (χ1) is 7.53. The van der Waals surface area contributed by atoms with Crippen molar-refractivity contribution in [3.63, 3.8) is 0 Å². The second kappa shape index (κ2) is 4.17. The molecule has 0 bridgehead atoms. The van der Waals surface area contributed by atoms with Crippen molar-refractivity contribution < 1.29 is 4.39 Å². The molecule has 0 spiro atoms. The van der Waals surface area contributed by atoms with E-state index in [2.05, 4.69) is 26.1 Å². The summed E-state index contributed by atoms with van der Waals surface area (Å²) in [7, 11) is 0. The molecule has 1 aromatic rings. The van der Waals surface area contributed by atoms with Crippen LogP contribution >= 0.6 is 0 Å². The molecular weight excluding hydrogens is 201 g/mol. The lowest BCUT2D eigenvalue weighted by Gasteiger charge is -2.18. The Balaban J connectivity index is 2.05. The van der Waals surface area contributed by atoms with Crippen LogP contribution in [0.5, 0.6) is 0 Å². The lowest BCUT2D eigenvalue weighted by molar-refractivity contribution is 0.459. The number of nitrogens with one attached hydrogen (secondary N) is 1. The fourth-order valence-electron chi connectivity index (χ4n) is 2.17. The quantitative estimate of drug-likeness (QED) is 0.818. The molecule has 1 N–H and O–H groups in total. The van der Waals surface area contributed by atoms with Gasteiger partial charge in [-0.2, -0.15) is 0 Å². The van der Waals surface area contributed by atoms with E-state index in [1.165, 1.54) is 12.5 Å². The topological polar surface area (TPSA) is 12.0 Å². The maximum atomic E-state index is 13.1. The van der Waals surface area contributed by atoms with E-state index in [1.54, 1.807) is 12.1 Å². The Bertz CT molecular complexity index is 373. The largest absolute Gasteiger partial charge is 0.307 e. The minimum Gasteiger partial charge on any atom is -0.307 e. The van der Waals surface area contributed by atoms with Crippen LogP contribution in [0, 0.1) is 11.2 Å². The molecule has 1 aromatic carbocycles. The maximum absolute atomic E-state index is 13.1. The van der Waals surface area contributed by atoms with Gasteiger partial charge in [-0.1, -0.05) is 32.9 Å². The van der Waals surface area contributed by atoms with Gasteiger partial charge in [0.1, 0.15) is 5.82 Å². The Morgan fingerprint density at radius 3 is 2.69 bits per heavy atom. The first-order valence-corrected chi connectivity index (χ1v) is 6.04. The maximum Gasteiger partial charge on any atom is 0.123 e. The molecule has 1 fully saturated rings. The van der Waals surface area contributed by atoms with Gasteiger partial charge >= 0.3 is 0 Å². The average molecular weight is 221 g/mol. The Kier molecular flexibility index (Phi) is 3.02. The molecule has 2 rings (SSSR count). The molecule has 0 aliphatic heterocycles. The SMILES string of the molecule is CCC(NC1CC1(C)C)c1cccc(F)c1. The molecule has 2 atom stereocenters. The molecule has 0 saturated heterocycles. The van der Waals surface area contributed by atoms with Crippen molar-refractivity contribution in [3.05, 3.63) is 35.6 Å². The Labute approximate surface area is 97.1 Å². The highest BCUT2D eigenvalue weighted by Crippen LogP contribution is 2.45. The predicted molar refractivity (Wildman–Crippen MR) is 64.8 cm³/mol. The van der Waals surface area contributed by atoms with Crippen LogP contribution in [0.25, 0.3) is 0 Å². The second-order valence-electron chi connectivity index (χ2n) is 5.43. The van der Waals surface area contributed by atoms with Gasteiger partial charge in [0.2, 0.25) is 0 Å². The monoisotopic (exact) mass is 221 g/mol. The van der Waals surface area contributed by atoms with Crippen LogP contribution in [0.3, 0.4) is 0 Å². The minimum absolute atomic E-state index is 0.146. The second-order valence-corrected chi connectivity index (χ2v) is 5.43. The number of rotatable bonds is 4.